The molecule has 0 aromatic rings. The monoisotopic (exact) mass is 140 g/mol. The van der Waals surface area contributed by atoms with Crippen LogP contribution in [0, 0.1) is 5.41 Å². The summed E-state index contributed by atoms with van der Waals surface area (Å²) in [6.07, 6.45) is 6.15. The number of allylic oxidation sites excluding steroid dienone is 1. The summed E-state index contributed by atoms with van der Waals surface area (Å²) in [4.78, 5) is 0. The molecule has 0 heterocycles. The molecule has 1 N–H and O–H groups in total. The lowest BCUT2D eigenvalue weighted by Gasteiger charge is -2.40. The van der Waals surface area contributed by atoms with Crippen LogP contribution in [0.5, 0.6) is 0 Å². The highest BCUT2D eigenvalue weighted by atomic mass is 16.3. The van der Waals surface area contributed by atoms with Gasteiger partial charge in [0.25, 0.3) is 0 Å². The second kappa shape index (κ2) is 2.09. The molecule has 0 aliphatic heterocycles. The molecule has 0 spiro atoms. The third-order valence-electron chi connectivity index (χ3n) is 2.75. The van der Waals surface area contributed by atoms with Crippen LogP contribution in [-0.4, -0.2) is 10.7 Å². The van der Waals surface area contributed by atoms with E-state index in [2.05, 4.69) is 19.9 Å². The quantitative estimate of drug-likeness (QED) is 0.511. The summed E-state index contributed by atoms with van der Waals surface area (Å²) in [6.45, 7) is 6.09. The highest BCUT2D eigenvalue weighted by Gasteiger charge is 2.38. The van der Waals surface area contributed by atoms with Crippen LogP contribution in [0.4, 0.5) is 0 Å². The molecular weight excluding hydrogens is 124 g/mol. The van der Waals surface area contributed by atoms with E-state index >= 15 is 0 Å². The van der Waals surface area contributed by atoms with Gasteiger partial charge in [-0.05, 0) is 25.2 Å². The van der Waals surface area contributed by atoms with Crippen molar-refractivity contribution in [1.82, 2.24) is 0 Å². The molecular formula is C9H16O. The molecule has 0 aromatic heterocycles. The molecule has 0 aromatic carbocycles. The maximum Gasteiger partial charge on any atom is 0.0850 e. The second-order valence-electron chi connectivity index (χ2n) is 3.97. The zero-order chi connectivity index (χ0) is 7.83. The number of hydrogen-bond donors (Lipinski definition) is 1. The number of aliphatic hydroxyl groups is 1. The standard InChI is InChI=1S/C9H16O/c1-8(2)6-4-5-7-9(8,3)10/h5,7,10H,4,6H2,1-3H3/t9-/m1/s1. The predicted molar refractivity (Wildman–Crippen MR) is 42.8 cm³/mol. The first-order chi connectivity index (χ1) is 4.46. The van der Waals surface area contributed by atoms with Gasteiger partial charge in [0.05, 0.1) is 5.60 Å². The Morgan fingerprint density at radius 2 is 1.90 bits per heavy atom. The Morgan fingerprint density at radius 1 is 1.30 bits per heavy atom. The first-order valence-electron chi connectivity index (χ1n) is 3.86. The Bertz CT molecular complexity index is 154. The van der Waals surface area contributed by atoms with Crippen molar-refractivity contribution in [2.75, 3.05) is 0 Å². The first kappa shape index (κ1) is 7.80. The lowest BCUT2D eigenvalue weighted by Crippen LogP contribution is -2.41. The van der Waals surface area contributed by atoms with Gasteiger partial charge in [-0.1, -0.05) is 26.0 Å². The van der Waals surface area contributed by atoms with E-state index in [1.807, 2.05) is 13.0 Å². The van der Waals surface area contributed by atoms with Gasteiger partial charge in [0.2, 0.25) is 0 Å². The predicted octanol–water partition coefficient (Wildman–Crippen LogP) is 2.11. The van der Waals surface area contributed by atoms with E-state index in [0.717, 1.165) is 12.8 Å². The summed E-state index contributed by atoms with van der Waals surface area (Å²) in [5, 5.41) is 9.82. The largest absolute Gasteiger partial charge is 0.386 e. The Morgan fingerprint density at radius 3 is 2.20 bits per heavy atom. The minimum atomic E-state index is -0.606. The highest BCUT2D eigenvalue weighted by molar-refractivity contribution is 5.10. The molecule has 10 heavy (non-hydrogen) atoms. The molecule has 0 saturated heterocycles. The molecule has 0 bridgehead atoms. The van der Waals surface area contributed by atoms with Crippen molar-refractivity contribution in [2.24, 2.45) is 5.41 Å². The minimum Gasteiger partial charge on any atom is -0.386 e. The molecule has 0 radical (unpaired) electrons. The molecule has 1 heteroatoms. The van der Waals surface area contributed by atoms with E-state index in [1.165, 1.54) is 0 Å². The minimum absolute atomic E-state index is 0.0434. The van der Waals surface area contributed by atoms with Gasteiger partial charge in [-0.3, -0.25) is 0 Å². The fraction of sp³-hybridized carbons (Fsp3) is 0.778. The first-order valence-corrected chi connectivity index (χ1v) is 3.86. The van der Waals surface area contributed by atoms with Gasteiger partial charge < -0.3 is 5.11 Å². The van der Waals surface area contributed by atoms with Crippen LogP contribution in [0.2, 0.25) is 0 Å². The van der Waals surface area contributed by atoms with Crippen LogP contribution in [0.25, 0.3) is 0 Å². The van der Waals surface area contributed by atoms with Crippen molar-refractivity contribution >= 4 is 0 Å². The average molecular weight is 140 g/mol. The van der Waals surface area contributed by atoms with Crippen molar-refractivity contribution in [3.8, 4) is 0 Å². The summed E-state index contributed by atoms with van der Waals surface area (Å²) in [7, 11) is 0. The maximum atomic E-state index is 9.82. The Balaban J connectivity index is 2.87. The van der Waals surface area contributed by atoms with E-state index in [-0.39, 0.29) is 5.41 Å². The summed E-state index contributed by atoms with van der Waals surface area (Å²) in [6, 6.07) is 0. The third kappa shape index (κ3) is 1.10. The Labute approximate surface area is 62.8 Å². The van der Waals surface area contributed by atoms with E-state index < -0.39 is 5.60 Å². The lowest BCUT2D eigenvalue weighted by molar-refractivity contribution is -0.0183. The van der Waals surface area contributed by atoms with Crippen molar-refractivity contribution in [2.45, 2.75) is 39.2 Å². The van der Waals surface area contributed by atoms with Gasteiger partial charge in [-0.15, -0.1) is 0 Å². The zero-order valence-corrected chi connectivity index (χ0v) is 7.02. The van der Waals surface area contributed by atoms with Crippen molar-refractivity contribution in [1.29, 1.82) is 0 Å². The zero-order valence-electron chi connectivity index (χ0n) is 7.02. The molecule has 1 nitrogen and oxygen atoms in total. The molecule has 0 saturated carbocycles. The van der Waals surface area contributed by atoms with Crippen molar-refractivity contribution < 1.29 is 5.11 Å². The van der Waals surface area contributed by atoms with E-state index in [0.29, 0.717) is 0 Å². The molecule has 1 atom stereocenters. The van der Waals surface area contributed by atoms with Gasteiger partial charge in [-0.2, -0.15) is 0 Å². The summed E-state index contributed by atoms with van der Waals surface area (Å²) < 4.78 is 0. The smallest absolute Gasteiger partial charge is 0.0850 e. The average Bonchev–Trinajstić information content (AvgIpc) is 1.77. The molecule has 0 unspecified atom stereocenters. The lowest BCUT2D eigenvalue weighted by atomic mass is 9.70. The number of hydrogen-bond acceptors (Lipinski definition) is 1. The summed E-state index contributed by atoms with van der Waals surface area (Å²) >= 11 is 0. The topological polar surface area (TPSA) is 20.2 Å². The normalized spacial score (nSPS) is 38.0. The van der Waals surface area contributed by atoms with E-state index in [1.54, 1.807) is 0 Å². The van der Waals surface area contributed by atoms with Gasteiger partial charge in [0.15, 0.2) is 0 Å². The van der Waals surface area contributed by atoms with Crippen LogP contribution in [0.1, 0.15) is 33.6 Å². The van der Waals surface area contributed by atoms with Crippen LogP contribution in [-0.2, 0) is 0 Å². The van der Waals surface area contributed by atoms with Crippen molar-refractivity contribution in [3.63, 3.8) is 0 Å². The van der Waals surface area contributed by atoms with E-state index in [9.17, 15) is 5.11 Å². The van der Waals surface area contributed by atoms with Gasteiger partial charge in [0.1, 0.15) is 0 Å². The second-order valence-corrected chi connectivity index (χ2v) is 3.97. The summed E-state index contributed by atoms with van der Waals surface area (Å²) in [5.41, 5.74) is -0.562. The fourth-order valence-electron chi connectivity index (χ4n) is 1.24. The van der Waals surface area contributed by atoms with Crippen molar-refractivity contribution in [3.05, 3.63) is 12.2 Å². The van der Waals surface area contributed by atoms with Crippen LogP contribution < -0.4 is 0 Å². The van der Waals surface area contributed by atoms with Gasteiger partial charge in [-0.25, -0.2) is 0 Å². The maximum absolute atomic E-state index is 9.82. The number of rotatable bonds is 0. The van der Waals surface area contributed by atoms with Gasteiger partial charge in [0, 0.05) is 0 Å². The molecule has 0 fully saturated rings. The third-order valence-corrected chi connectivity index (χ3v) is 2.75. The molecule has 1 aliphatic carbocycles. The summed E-state index contributed by atoms with van der Waals surface area (Å²) in [5.74, 6) is 0. The Hall–Kier alpha value is -0.300. The molecule has 1 aliphatic rings. The highest BCUT2D eigenvalue weighted by Crippen LogP contribution is 2.39. The molecule has 58 valence electrons. The Kier molecular flexibility index (Phi) is 1.63. The van der Waals surface area contributed by atoms with Crippen LogP contribution in [0.15, 0.2) is 12.2 Å². The van der Waals surface area contributed by atoms with Gasteiger partial charge >= 0.3 is 0 Å². The fourth-order valence-corrected chi connectivity index (χ4v) is 1.24. The molecule has 0 amide bonds. The van der Waals surface area contributed by atoms with E-state index in [4.69, 9.17) is 0 Å². The van der Waals surface area contributed by atoms with Crippen LogP contribution in [0.3, 0.4) is 0 Å². The van der Waals surface area contributed by atoms with Crippen LogP contribution >= 0.6 is 0 Å². The molecule has 1 rings (SSSR count). The SMILES string of the molecule is CC1(C)CCC=C[C@@]1(C)O.